The molecule has 2 aromatic rings. The topological polar surface area (TPSA) is 61.4 Å². The van der Waals surface area contributed by atoms with E-state index in [1.54, 1.807) is 0 Å². The van der Waals surface area contributed by atoms with E-state index in [4.69, 9.17) is 4.74 Å². The van der Waals surface area contributed by atoms with Crippen molar-refractivity contribution >= 4 is 0 Å². The van der Waals surface area contributed by atoms with Gasteiger partial charge in [-0.15, -0.1) is 0 Å². The van der Waals surface area contributed by atoms with Crippen LogP contribution in [-0.4, -0.2) is 39.9 Å². The summed E-state index contributed by atoms with van der Waals surface area (Å²) in [6.45, 7) is 5.62. The highest BCUT2D eigenvalue weighted by atomic mass is 16.5. The molecule has 0 saturated carbocycles. The van der Waals surface area contributed by atoms with Crippen LogP contribution in [0, 0.1) is 0 Å². The van der Waals surface area contributed by atoms with Gasteiger partial charge in [0.1, 0.15) is 5.75 Å². The number of aliphatic hydroxyl groups excluding tert-OH is 1. The Balaban J connectivity index is 1.64. The molecule has 1 fully saturated rings. The first-order valence-electron chi connectivity index (χ1n) is 7.87. The third-order valence-corrected chi connectivity index (χ3v) is 4.24. The molecule has 1 aromatic carbocycles. The molecular weight excluding hydrogens is 278 g/mol. The van der Waals surface area contributed by atoms with Crippen molar-refractivity contribution < 1.29 is 9.84 Å². The van der Waals surface area contributed by atoms with Crippen molar-refractivity contribution in [1.29, 1.82) is 0 Å². The number of hydrogen-bond acceptors (Lipinski definition) is 4. The second kappa shape index (κ2) is 6.94. The first-order chi connectivity index (χ1) is 10.8. The molecule has 3 rings (SSSR count). The lowest BCUT2D eigenvalue weighted by molar-refractivity contribution is 0.266. The van der Waals surface area contributed by atoms with Gasteiger partial charge in [-0.05, 0) is 43.7 Å². The van der Waals surface area contributed by atoms with Crippen LogP contribution < -0.4 is 4.74 Å². The molecule has 118 valence electrons. The molecule has 0 aliphatic carbocycles. The van der Waals surface area contributed by atoms with Crippen molar-refractivity contribution in [2.45, 2.75) is 32.4 Å². The quantitative estimate of drug-likeness (QED) is 0.859. The van der Waals surface area contributed by atoms with E-state index in [1.165, 1.54) is 11.3 Å². The lowest BCUT2D eigenvalue weighted by atomic mass is 10.1. The Kier molecular flexibility index (Phi) is 4.75. The zero-order chi connectivity index (χ0) is 15.4. The molecule has 5 nitrogen and oxygen atoms in total. The molecule has 2 heterocycles. The average molecular weight is 301 g/mol. The maximum absolute atomic E-state index is 9.49. The van der Waals surface area contributed by atoms with Gasteiger partial charge in [-0.3, -0.25) is 10.00 Å². The standard InChI is InChI=1S/C17H23N3O2/c1-2-22-17-4-3-13(9-15(17)12-21)10-20-8-6-14(11-20)16-5-7-18-19-16/h3-5,7,9,14,21H,2,6,8,10-12H2,1H3,(H,18,19)/t14-/m0/s1. The lowest BCUT2D eigenvalue weighted by Crippen LogP contribution is -2.20. The summed E-state index contributed by atoms with van der Waals surface area (Å²) >= 11 is 0. The van der Waals surface area contributed by atoms with Gasteiger partial charge in [0, 0.05) is 36.5 Å². The summed E-state index contributed by atoms with van der Waals surface area (Å²) < 4.78 is 5.53. The van der Waals surface area contributed by atoms with Crippen molar-refractivity contribution in [3.05, 3.63) is 47.3 Å². The van der Waals surface area contributed by atoms with Crippen molar-refractivity contribution in [3.63, 3.8) is 0 Å². The molecule has 0 unspecified atom stereocenters. The number of benzene rings is 1. The van der Waals surface area contributed by atoms with E-state index in [-0.39, 0.29) is 6.61 Å². The second-order valence-corrected chi connectivity index (χ2v) is 5.77. The maximum Gasteiger partial charge on any atom is 0.124 e. The molecule has 0 amide bonds. The third-order valence-electron chi connectivity index (χ3n) is 4.24. The van der Waals surface area contributed by atoms with Crippen molar-refractivity contribution in [3.8, 4) is 5.75 Å². The number of rotatable bonds is 6. The van der Waals surface area contributed by atoms with Gasteiger partial charge in [0.25, 0.3) is 0 Å². The summed E-state index contributed by atoms with van der Waals surface area (Å²) in [5.41, 5.74) is 3.31. The molecular formula is C17H23N3O2. The van der Waals surface area contributed by atoms with Crippen LogP contribution in [0.5, 0.6) is 5.75 Å². The van der Waals surface area contributed by atoms with Crippen molar-refractivity contribution in [1.82, 2.24) is 15.1 Å². The number of aromatic nitrogens is 2. The van der Waals surface area contributed by atoms with Crippen LogP contribution in [0.25, 0.3) is 0 Å². The molecule has 1 atom stereocenters. The van der Waals surface area contributed by atoms with Crippen molar-refractivity contribution in [2.75, 3.05) is 19.7 Å². The molecule has 0 bridgehead atoms. The molecule has 1 saturated heterocycles. The van der Waals surface area contributed by atoms with E-state index in [1.807, 2.05) is 19.2 Å². The fourth-order valence-corrected chi connectivity index (χ4v) is 3.13. The van der Waals surface area contributed by atoms with Crippen LogP contribution >= 0.6 is 0 Å². The summed E-state index contributed by atoms with van der Waals surface area (Å²) in [6, 6.07) is 8.17. The first kappa shape index (κ1) is 15.1. The van der Waals surface area contributed by atoms with E-state index in [0.29, 0.717) is 12.5 Å². The van der Waals surface area contributed by atoms with Crippen molar-refractivity contribution in [2.24, 2.45) is 0 Å². The molecule has 2 N–H and O–H groups in total. The lowest BCUT2D eigenvalue weighted by Gasteiger charge is -2.17. The van der Waals surface area contributed by atoms with E-state index >= 15 is 0 Å². The number of aromatic amines is 1. The number of nitrogens with zero attached hydrogens (tertiary/aromatic N) is 2. The summed E-state index contributed by atoms with van der Waals surface area (Å²) in [4.78, 5) is 2.45. The van der Waals surface area contributed by atoms with Gasteiger partial charge in [-0.25, -0.2) is 0 Å². The highest BCUT2D eigenvalue weighted by Crippen LogP contribution is 2.27. The van der Waals surface area contributed by atoms with Crippen LogP contribution in [-0.2, 0) is 13.2 Å². The van der Waals surface area contributed by atoms with Gasteiger partial charge < -0.3 is 9.84 Å². The third kappa shape index (κ3) is 3.31. The Morgan fingerprint density at radius 3 is 3.05 bits per heavy atom. The zero-order valence-electron chi connectivity index (χ0n) is 13.0. The van der Waals surface area contributed by atoms with E-state index < -0.39 is 0 Å². The second-order valence-electron chi connectivity index (χ2n) is 5.77. The normalized spacial score (nSPS) is 18.7. The minimum atomic E-state index is 0.0138. The van der Waals surface area contributed by atoms with E-state index in [0.717, 1.165) is 37.4 Å². The van der Waals surface area contributed by atoms with E-state index in [2.05, 4.69) is 33.3 Å². The van der Waals surface area contributed by atoms with Crippen LogP contribution in [0.3, 0.4) is 0 Å². The predicted octanol–water partition coefficient (Wildman–Crippen LogP) is 2.29. The van der Waals surface area contributed by atoms with E-state index in [9.17, 15) is 5.11 Å². The predicted molar refractivity (Wildman–Crippen MR) is 84.8 cm³/mol. The molecule has 1 aliphatic heterocycles. The molecule has 1 aromatic heterocycles. The Bertz CT molecular complexity index is 598. The van der Waals surface area contributed by atoms with Crippen LogP contribution in [0.4, 0.5) is 0 Å². The molecule has 22 heavy (non-hydrogen) atoms. The van der Waals surface area contributed by atoms with Gasteiger partial charge in [-0.2, -0.15) is 5.10 Å². The number of H-pyrrole nitrogens is 1. The summed E-state index contributed by atoms with van der Waals surface area (Å²) in [7, 11) is 0. The number of aliphatic hydroxyl groups is 1. The van der Waals surface area contributed by atoms with Gasteiger partial charge in [-0.1, -0.05) is 6.07 Å². The Hall–Kier alpha value is -1.85. The Labute approximate surface area is 130 Å². The summed E-state index contributed by atoms with van der Waals surface area (Å²) in [5.74, 6) is 1.33. The number of nitrogens with one attached hydrogen (secondary N) is 1. The zero-order valence-corrected chi connectivity index (χ0v) is 13.0. The summed E-state index contributed by atoms with van der Waals surface area (Å²) in [5, 5.41) is 16.6. The molecule has 5 heteroatoms. The minimum absolute atomic E-state index is 0.0138. The van der Waals surface area contributed by atoms with Crippen LogP contribution in [0.2, 0.25) is 0 Å². The van der Waals surface area contributed by atoms with Gasteiger partial charge >= 0.3 is 0 Å². The highest BCUT2D eigenvalue weighted by molar-refractivity contribution is 5.37. The maximum atomic E-state index is 9.49. The molecule has 1 aliphatic rings. The molecule has 0 radical (unpaired) electrons. The Morgan fingerprint density at radius 1 is 1.41 bits per heavy atom. The first-order valence-corrected chi connectivity index (χ1v) is 7.87. The van der Waals surface area contributed by atoms with Gasteiger partial charge in [0.2, 0.25) is 0 Å². The molecule has 0 spiro atoms. The van der Waals surface area contributed by atoms with Crippen LogP contribution in [0.1, 0.15) is 36.1 Å². The SMILES string of the molecule is CCOc1ccc(CN2CC[C@H](c3ccn[nH]3)C2)cc1CO. The fraction of sp³-hybridized carbons (Fsp3) is 0.471. The Morgan fingerprint density at radius 2 is 2.32 bits per heavy atom. The highest BCUT2D eigenvalue weighted by Gasteiger charge is 2.24. The van der Waals surface area contributed by atoms with Crippen LogP contribution in [0.15, 0.2) is 30.5 Å². The van der Waals surface area contributed by atoms with Gasteiger partial charge in [0.15, 0.2) is 0 Å². The number of ether oxygens (including phenoxy) is 1. The average Bonchev–Trinajstić information content (AvgIpc) is 3.20. The minimum Gasteiger partial charge on any atom is -0.494 e. The number of likely N-dealkylation sites (tertiary alicyclic amines) is 1. The monoisotopic (exact) mass is 301 g/mol. The summed E-state index contributed by atoms with van der Waals surface area (Å²) in [6.07, 6.45) is 2.98. The smallest absolute Gasteiger partial charge is 0.124 e. The largest absolute Gasteiger partial charge is 0.494 e. The fourth-order valence-electron chi connectivity index (χ4n) is 3.13. The van der Waals surface area contributed by atoms with Gasteiger partial charge in [0.05, 0.1) is 13.2 Å². The number of hydrogen-bond donors (Lipinski definition) is 2.